The maximum absolute atomic E-state index is 11.2. The van der Waals surface area contributed by atoms with Gasteiger partial charge in [-0.05, 0) is 49.4 Å². The van der Waals surface area contributed by atoms with E-state index in [-0.39, 0.29) is 10.7 Å². The average molecular weight is 495 g/mol. The minimum atomic E-state index is -4.30. The number of azo groups is 1. The minimum Gasteiger partial charge on any atom is -0.382 e. The van der Waals surface area contributed by atoms with Gasteiger partial charge in [0.05, 0.1) is 38.5 Å². The molecule has 4 aromatic rings. The van der Waals surface area contributed by atoms with Gasteiger partial charge in [0, 0.05) is 4.90 Å². The molecule has 0 aliphatic heterocycles. The van der Waals surface area contributed by atoms with Crippen molar-refractivity contribution in [2.45, 2.75) is 16.7 Å². The van der Waals surface area contributed by atoms with Gasteiger partial charge in [-0.2, -0.15) is 13.5 Å². The second kappa shape index (κ2) is 8.91. The Hall–Kier alpha value is -2.92. The molecule has 0 saturated carbocycles. The molecule has 32 heavy (non-hydrogen) atoms. The number of benzene rings is 2. The van der Waals surface area contributed by atoms with Crippen LogP contribution in [0.25, 0.3) is 15.9 Å². The molecule has 0 aliphatic rings. The number of hydrogen-bond acceptors (Lipinski definition) is 12. The summed E-state index contributed by atoms with van der Waals surface area (Å²) in [4.78, 5) is 4.82. The van der Waals surface area contributed by atoms with Crippen LogP contribution in [0.4, 0.5) is 16.6 Å². The van der Waals surface area contributed by atoms with Gasteiger partial charge in [0.25, 0.3) is 10.1 Å². The molecule has 0 fully saturated rings. The SMILES string of the molecule is Cc1nn(-c2ccc(S(=O)(=O)O)cc2)c(N)c1/N=N/c1nc2cc(SOOO)ccc2s1. The molecule has 4 rings (SSSR count). The summed E-state index contributed by atoms with van der Waals surface area (Å²) >= 11 is 2.14. The predicted molar refractivity (Wildman–Crippen MR) is 117 cm³/mol. The summed E-state index contributed by atoms with van der Waals surface area (Å²) in [6.45, 7) is 1.71. The van der Waals surface area contributed by atoms with Crippen molar-refractivity contribution in [3.05, 3.63) is 48.2 Å². The molecule has 0 aliphatic carbocycles. The Labute approximate surface area is 189 Å². The molecular weight excluding hydrogens is 480 g/mol. The van der Waals surface area contributed by atoms with E-state index in [1.807, 2.05) is 6.07 Å². The van der Waals surface area contributed by atoms with Crippen LogP contribution in [0.15, 0.2) is 62.5 Å². The van der Waals surface area contributed by atoms with Crippen LogP contribution in [0.2, 0.25) is 0 Å². The second-order valence-electron chi connectivity index (χ2n) is 6.25. The summed E-state index contributed by atoms with van der Waals surface area (Å²) in [7, 11) is -4.30. The number of thiazole rings is 1. The Morgan fingerprint density at radius 2 is 1.94 bits per heavy atom. The highest BCUT2D eigenvalue weighted by Crippen LogP contribution is 2.34. The molecule has 166 valence electrons. The fourth-order valence-corrected chi connectivity index (χ4v) is 4.39. The third-order valence-electron chi connectivity index (χ3n) is 4.19. The zero-order chi connectivity index (χ0) is 22.9. The topological polar surface area (TPSA) is 175 Å². The van der Waals surface area contributed by atoms with Gasteiger partial charge >= 0.3 is 0 Å². The van der Waals surface area contributed by atoms with Gasteiger partial charge in [-0.1, -0.05) is 16.4 Å². The van der Waals surface area contributed by atoms with E-state index >= 15 is 0 Å². The number of fused-ring (bicyclic) bond motifs is 1. The zero-order valence-corrected chi connectivity index (χ0v) is 18.6. The van der Waals surface area contributed by atoms with Crippen LogP contribution in [-0.2, 0) is 19.5 Å². The number of nitrogens with two attached hydrogens (primary N) is 1. The highest BCUT2D eigenvalue weighted by Gasteiger charge is 2.16. The standard InChI is InChI=1S/C17H14N6O6S3/c1-9-15(16(18)23(22-9)10-2-5-12(6-3-10)32(25,26)27)20-21-17-19-13-8-11(31-29-28-24)4-7-14(13)30-17/h2-8,24H,18H2,1H3,(H,25,26,27)/b21-20+. The van der Waals surface area contributed by atoms with Crippen molar-refractivity contribution >= 4 is 60.4 Å². The second-order valence-corrected chi connectivity index (χ2v) is 9.46. The highest BCUT2D eigenvalue weighted by atomic mass is 32.2. The number of rotatable bonds is 7. The summed E-state index contributed by atoms with van der Waals surface area (Å²) < 4.78 is 38.2. The number of nitrogen functional groups attached to an aromatic ring is 1. The molecule has 0 unspecified atom stereocenters. The molecule has 12 nitrogen and oxygen atoms in total. The molecular formula is C17H14N6O6S3. The normalized spacial score (nSPS) is 12.2. The summed E-state index contributed by atoms with van der Waals surface area (Å²) in [6.07, 6.45) is 0. The third-order valence-corrected chi connectivity index (χ3v) is 6.55. The predicted octanol–water partition coefficient (Wildman–Crippen LogP) is 4.46. The van der Waals surface area contributed by atoms with Crippen molar-refractivity contribution in [3.63, 3.8) is 0 Å². The Bertz CT molecular complexity index is 1410. The van der Waals surface area contributed by atoms with E-state index in [1.54, 1.807) is 19.1 Å². The lowest BCUT2D eigenvalue weighted by atomic mass is 10.3. The average Bonchev–Trinajstić information content (AvgIpc) is 3.29. The summed E-state index contributed by atoms with van der Waals surface area (Å²) in [5.74, 6) is 0.201. The molecule has 2 aromatic heterocycles. The first-order valence-corrected chi connectivity index (χ1v) is 11.7. The molecule has 0 amide bonds. The first-order chi connectivity index (χ1) is 15.3. The lowest BCUT2D eigenvalue weighted by Gasteiger charge is -2.04. The van der Waals surface area contributed by atoms with Crippen LogP contribution in [-0.4, -0.2) is 33.0 Å². The molecule has 0 bridgehead atoms. The van der Waals surface area contributed by atoms with Gasteiger partial charge in [-0.15, -0.1) is 14.6 Å². The fourth-order valence-electron chi connectivity index (χ4n) is 2.75. The van der Waals surface area contributed by atoms with Crippen LogP contribution < -0.4 is 5.73 Å². The van der Waals surface area contributed by atoms with E-state index in [0.717, 1.165) is 16.7 Å². The molecule has 0 saturated heterocycles. The highest BCUT2D eigenvalue weighted by molar-refractivity contribution is 7.94. The summed E-state index contributed by atoms with van der Waals surface area (Å²) in [5.41, 5.74) is 8.17. The van der Waals surface area contributed by atoms with Crippen LogP contribution in [0.5, 0.6) is 0 Å². The Morgan fingerprint density at radius 1 is 1.19 bits per heavy atom. The van der Waals surface area contributed by atoms with Gasteiger partial charge in [-0.25, -0.2) is 14.9 Å². The van der Waals surface area contributed by atoms with Crippen LogP contribution in [0.1, 0.15) is 5.69 Å². The summed E-state index contributed by atoms with van der Waals surface area (Å²) in [5, 5.41) is 24.9. The van der Waals surface area contributed by atoms with E-state index in [2.05, 4.69) is 29.7 Å². The number of aryl methyl sites for hydroxylation is 1. The van der Waals surface area contributed by atoms with Gasteiger partial charge in [-0.3, -0.25) is 4.55 Å². The molecule has 0 spiro atoms. The Kier molecular flexibility index (Phi) is 6.20. The van der Waals surface area contributed by atoms with Crippen molar-refractivity contribution in [1.82, 2.24) is 14.8 Å². The van der Waals surface area contributed by atoms with Crippen molar-refractivity contribution in [2.75, 3.05) is 5.73 Å². The van der Waals surface area contributed by atoms with Crippen molar-refractivity contribution < 1.29 is 27.6 Å². The van der Waals surface area contributed by atoms with E-state index in [4.69, 9.17) is 15.5 Å². The monoisotopic (exact) mass is 494 g/mol. The van der Waals surface area contributed by atoms with Gasteiger partial charge in [0.15, 0.2) is 11.5 Å². The quantitative estimate of drug-likeness (QED) is 0.109. The van der Waals surface area contributed by atoms with Gasteiger partial charge < -0.3 is 5.73 Å². The van der Waals surface area contributed by atoms with Crippen molar-refractivity contribution in [3.8, 4) is 5.69 Å². The van der Waals surface area contributed by atoms with E-state index in [9.17, 15) is 8.42 Å². The van der Waals surface area contributed by atoms with Crippen molar-refractivity contribution in [1.29, 1.82) is 0 Å². The Balaban J connectivity index is 1.60. The summed E-state index contributed by atoms with van der Waals surface area (Å²) in [6, 6.07) is 10.7. The molecule has 0 radical (unpaired) electrons. The number of nitrogens with zero attached hydrogens (tertiary/aromatic N) is 5. The minimum absolute atomic E-state index is 0.201. The molecule has 2 heterocycles. The van der Waals surface area contributed by atoms with Gasteiger partial charge in [0.1, 0.15) is 0 Å². The molecule has 4 N–H and O–H groups in total. The Morgan fingerprint density at radius 3 is 2.62 bits per heavy atom. The zero-order valence-electron chi connectivity index (χ0n) is 16.1. The fraction of sp³-hybridized carbons (Fsp3) is 0.0588. The smallest absolute Gasteiger partial charge is 0.294 e. The number of aromatic nitrogens is 3. The van der Waals surface area contributed by atoms with Crippen LogP contribution >= 0.6 is 23.4 Å². The largest absolute Gasteiger partial charge is 0.382 e. The van der Waals surface area contributed by atoms with E-state index < -0.39 is 10.1 Å². The van der Waals surface area contributed by atoms with Crippen LogP contribution in [0, 0.1) is 6.92 Å². The van der Waals surface area contributed by atoms with Crippen molar-refractivity contribution in [2.24, 2.45) is 10.2 Å². The van der Waals surface area contributed by atoms with Crippen LogP contribution in [0.3, 0.4) is 0 Å². The first-order valence-electron chi connectivity index (χ1n) is 8.66. The number of anilines is 1. The lowest BCUT2D eigenvalue weighted by molar-refractivity contribution is -0.432. The maximum atomic E-state index is 11.2. The number of hydrogen-bond donors (Lipinski definition) is 3. The molecule has 15 heteroatoms. The first kappa shape index (κ1) is 22.3. The molecule has 2 aromatic carbocycles. The van der Waals surface area contributed by atoms with E-state index in [0.29, 0.717) is 32.6 Å². The molecule has 0 atom stereocenters. The third kappa shape index (κ3) is 4.63. The maximum Gasteiger partial charge on any atom is 0.294 e. The van der Waals surface area contributed by atoms with Gasteiger partial charge in [0.2, 0.25) is 5.13 Å². The van der Waals surface area contributed by atoms with E-state index in [1.165, 1.54) is 40.3 Å². The lowest BCUT2D eigenvalue weighted by Crippen LogP contribution is -2.03.